The number of piperidine rings is 1. The first-order valence-electron chi connectivity index (χ1n) is 8.29. The zero-order valence-corrected chi connectivity index (χ0v) is 14.7. The number of nitrogens with one attached hydrogen (secondary N) is 1. The molecule has 2 aromatic heterocycles. The maximum absolute atomic E-state index is 10.9. The maximum Gasteiger partial charge on any atom is 0.407 e. The van der Waals surface area contributed by atoms with Crippen LogP contribution in [0.15, 0.2) is 24.7 Å². The molecule has 0 spiro atoms. The van der Waals surface area contributed by atoms with E-state index in [9.17, 15) is 4.79 Å². The molecule has 3 heterocycles. The number of rotatable bonds is 5. The van der Waals surface area contributed by atoms with Gasteiger partial charge in [0.1, 0.15) is 18.2 Å². The Balaban J connectivity index is 1.62. The standard InChI is InChI=1S/C17H21N5O4/c1-11-7-12(9-18-16(11)25-2)21-14-8-15(20-10-19-14)26-13-3-5-22(6-4-13)17(23)24/h7-10,13H,3-6H2,1-2H3,(H,23,24)(H,19,20,21). The molecule has 2 N–H and O–H groups in total. The summed E-state index contributed by atoms with van der Waals surface area (Å²) >= 11 is 0. The quantitative estimate of drug-likeness (QED) is 0.838. The lowest BCUT2D eigenvalue weighted by Gasteiger charge is -2.29. The lowest BCUT2D eigenvalue weighted by atomic mass is 10.1. The molecular weight excluding hydrogens is 338 g/mol. The fourth-order valence-electron chi connectivity index (χ4n) is 2.80. The van der Waals surface area contributed by atoms with Gasteiger partial charge in [0.2, 0.25) is 11.8 Å². The summed E-state index contributed by atoms with van der Waals surface area (Å²) in [6.07, 6.45) is 3.42. The van der Waals surface area contributed by atoms with E-state index in [-0.39, 0.29) is 6.10 Å². The summed E-state index contributed by atoms with van der Waals surface area (Å²) in [5.74, 6) is 1.62. The largest absolute Gasteiger partial charge is 0.481 e. The van der Waals surface area contributed by atoms with Gasteiger partial charge in [-0.1, -0.05) is 0 Å². The Morgan fingerprint density at radius 3 is 2.69 bits per heavy atom. The van der Waals surface area contributed by atoms with Crippen LogP contribution in [0.25, 0.3) is 0 Å². The molecule has 138 valence electrons. The third kappa shape index (κ3) is 4.29. The molecule has 1 saturated heterocycles. The number of aromatic nitrogens is 3. The molecule has 0 aliphatic carbocycles. The summed E-state index contributed by atoms with van der Waals surface area (Å²) in [5.41, 5.74) is 1.69. The van der Waals surface area contributed by atoms with Crippen LogP contribution in [0, 0.1) is 6.92 Å². The third-order valence-corrected chi connectivity index (χ3v) is 4.14. The van der Waals surface area contributed by atoms with E-state index in [0.717, 1.165) is 11.3 Å². The Kier molecular flexibility index (Phi) is 5.35. The molecule has 0 atom stereocenters. The summed E-state index contributed by atoms with van der Waals surface area (Å²) in [6.45, 7) is 2.84. The molecule has 9 heteroatoms. The number of hydrogen-bond donors (Lipinski definition) is 2. The number of methoxy groups -OCH3 is 1. The molecule has 1 fully saturated rings. The van der Waals surface area contributed by atoms with Crippen LogP contribution in [-0.2, 0) is 0 Å². The van der Waals surface area contributed by atoms with Crippen molar-refractivity contribution in [1.29, 1.82) is 0 Å². The molecule has 0 aromatic carbocycles. The molecule has 1 aliphatic rings. The average Bonchev–Trinajstić information content (AvgIpc) is 2.63. The molecule has 0 saturated carbocycles. The van der Waals surface area contributed by atoms with E-state index in [2.05, 4.69) is 20.3 Å². The first-order valence-corrected chi connectivity index (χ1v) is 8.29. The van der Waals surface area contributed by atoms with Crippen LogP contribution in [-0.4, -0.2) is 57.4 Å². The fraction of sp³-hybridized carbons (Fsp3) is 0.412. The van der Waals surface area contributed by atoms with E-state index in [1.54, 1.807) is 19.4 Å². The van der Waals surface area contributed by atoms with Crippen LogP contribution in [0.5, 0.6) is 11.8 Å². The summed E-state index contributed by atoms with van der Waals surface area (Å²) < 4.78 is 11.0. The number of amides is 1. The summed E-state index contributed by atoms with van der Waals surface area (Å²) in [4.78, 5) is 24.9. The van der Waals surface area contributed by atoms with Gasteiger partial charge in [0.05, 0.1) is 19.0 Å². The zero-order valence-electron chi connectivity index (χ0n) is 14.7. The Labute approximate surface area is 151 Å². The number of nitrogens with zero attached hydrogens (tertiary/aromatic N) is 4. The van der Waals surface area contributed by atoms with E-state index >= 15 is 0 Å². The van der Waals surface area contributed by atoms with Gasteiger partial charge in [-0.05, 0) is 13.0 Å². The first kappa shape index (κ1) is 17.7. The first-order chi connectivity index (χ1) is 12.5. The van der Waals surface area contributed by atoms with Crippen LogP contribution in [0.4, 0.5) is 16.3 Å². The highest BCUT2D eigenvalue weighted by Gasteiger charge is 2.23. The average molecular weight is 359 g/mol. The van der Waals surface area contributed by atoms with Gasteiger partial charge in [0.25, 0.3) is 0 Å². The highest BCUT2D eigenvalue weighted by molar-refractivity contribution is 5.65. The van der Waals surface area contributed by atoms with Crippen molar-refractivity contribution in [3.05, 3.63) is 30.2 Å². The number of likely N-dealkylation sites (tertiary alicyclic amines) is 1. The summed E-state index contributed by atoms with van der Waals surface area (Å²) in [5, 5.41) is 12.1. The van der Waals surface area contributed by atoms with Gasteiger partial charge in [-0.25, -0.2) is 19.7 Å². The fourth-order valence-corrected chi connectivity index (χ4v) is 2.80. The van der Waals surface area contributed by atoms with Gasteiger partial charge in [-0.2, -0.15) is 0 Å². The molecule has 2 aromatic rings. The zero-order chi connectivity index (χ0) is 18.5. The van der Waals surface area contributed by atoms with Crippen molar-refractivity contribution in [2.75, 3.05) is 25.5 Å². The maximum atomic E-state index is 10.9. The number of pyridine rings is 1. The number of carboxylic acid groups (broad SMARTS) is 1. The number of aryl methyl sites for hydroxylation is 1. The van der Waals surface area contributed by atoms with Gasteiger partial charge in [-0.3, -0.25) is 0 Å². The van der Waals surface area contributed by atoms with Crippen molar-refractivity contribution in [1.82, 2.24) is 19.9 Å². The third-order valence-electron chi connectivity index (χ3n) is 4.14. The number of carbonyl (C=O) groups is 1. The summed E-state index contributed by atoms with van der Waals surface area (Å²) in [6, 6.07) is 3.62. The van der Waals surface area contributed by atoms with Gasteiger partial charge in [0.15, 0.2) is 0 Å². The second-order valence-electron chi connectivity index (χ2n) is 6.00. The minimum absolute atomic E-state index is 0.0572. The van der Waals surface area contributed by atoms with E-state index in [1.807, 2.05) is 13.0 Å². The topological polar surface area (TPSA) is 110 Å². The minimum atomic E-state index is -0.889. The second-order valence-corrected chi connectivity index (χ2v) is 6.00. The van der Waals surface area contributed by atoms with Crippen LogP contribution < -0.4 is 14.8 Å². The lowest BCUT2D eigenvalue weighted by molar-refractivity contribution is 0.0870. The normalized spacial score (nSPS) is 14.8. The molecular formula is C17H21N5O4. The van der Waals surface area contributed by atoms with Crippen LogP contribution in [0.1, 0.15) is 18.4 Å². The van der Waals surface area contributed by atoms with E-state index in [1.165, 1.54) is 11.2 Å². The van der Waals surface area contributed by atoms with Crippen molar-refractivity contribution in [2.24, 2.45) is 0 Å². The van der Waals surface area contributed by atoms with Crippen LogP contribution in [0.3, 0.4) is 0 Å². The molecule has 1 amide bonds. The minimum Gasteiger partial charge on any atom is -0.481 e. The molecule has 0 unspecified atom stereocenters. The number of ether oxygens (including phenoxy) is 2. The van der Waals surface area contributed by atoms with Gasteiger partial charge < -0.3 is 24.8 Å². The molecule has 9 nitrogen and oxygen atoms in total. The monoisotopic (exact) mass is 359 g/mol. The SMILES string of the molecule is COc1ncc(Nc2cc(OC3CCN(C(=O)O)CC3)ncn2)cc1C. The predicted molar refractivity (Wildman–Crippen MR) is 94.1 cm³/mol. The highest BCUT2D eigenvalue weighted by atomic mass is 16.5. The Morgan fingerprint density at radius 2 is 2.04 bits per heavy atom. The molecule has 3 rings (SSSR count). The Hall–Kier alpha value is -3.10. The van der Waals surface area contributed by atoms with Crippen molar-refractivity contribution >= 4 is 17.6 Å². The van der Waals surface area contributed by atoms with Crippen molar-refractivity contribution in [3.63, 3.8) is 0 Å². The van der Waals surface area contributed by atoms with Gasteiger partial charge >= 0.3 is 6.09 Å². The van der Waals surface area contributed by atoms with Crippen LogP contribution in [0.2, 0.25) is 0 Å². The van der Waals surface area contributed by atoms with Gasteiger partial charge in [0, 0.05) is 37.6 Å². The van der Waals surface area contributed by atoms with Crippen molar-refractivity contribution < 1.29 is 19.4 Å². The van der Waals surface area contributed by atoms with Crippen LogP contribution >= 0.6 is 0 Å². The van der Waals surface area contributed by atoms with Gasteiger partial charge in [-0.15, -0.1) is 0 Å². The molecule has 26 heavy (non-hydrogen) atoms. The molecule has 1 aliphatic heterocycles. The Morgan fingerprint density at radius 1 is 1.27 bits per heavy atom. The van der Waals surface area contributed by atoms with E-state index in [4.69, 9.17) is 14.6 Å². The Bertz CT molecular complexity index is 777. The smallest absolute Gasteiger partial charge is 0.407 e. The predicted octanol–water partition coefficient (Wildman–Crippen LogP) is 2.45. The van der Waals surface area contributed by atoms with Crippen molar-refractivity contribution in [3.8, 4) is 11.8 Å². The lowest BCUT2D eigenvalue weighted by Crippen LogP contribution is -2.41. The number of hydrogen-bond acceptors (Lipinski definition) is 7. The molecule has 0 radical (unpaired) electrons. The van der Waals surface area contributed by atoms with Crippen molar-refractivity contribution in [2.45, 2.75) is 25.9 Å². The second kappa shape index (κ2) is 7.85. The highest BCUT2D eigenvalue weighted by Crippen LogP contribution is 2.23. The molecule has 0 bridgehead atoms. The van der Waals surface area contributed by atoms with E-state index < -0.39 is 6.09 Å². The number of anilines is 2. The summed E-state index contributed by atoms with van der Waals surface area (Å²) in [7, 11) is 1.58. The van der Waals surface area contributed by atoms with E-state index in [0.29, 0.717) is 43.5 Å².